The first-order valence-corrected chi connectivity index (χ1v) is 7.87. The molecule has 6 nitrogen and oxygen atoms in total. The molecule has 2 aromatic heterocycles. The van der Waals surface area contributed by atoms with Crippen LogP contribution >= 0.6 is 11.3 Å². The van der Waals surface area contributed by atoms with E-state index in [4.69, 9.17) is 13.9 Å². The largest absolute Gasteiger partial charge is 0.493 e. The summed E-state index contributed by atoms with van der Waals surface area (Å²) in [6.07, 6.45) is 1.46. The Hall–Kier alpha value is -2.54. The first kappa shape index (κ1) is 15.4. The molecule has 120 valence electrons. The third-order valence-corrected chi connectivity index (χ3v) is 4.47. The lowest BCUT2D eigenvalue weighted by Crippen LogP contribution is -2.15. The highest BCUT2D eigenvalue weighted by Gasteiger charge is 2.13. The smallest absolute Gasteiger partial charge is 0.315 e. The number of carbonyl (C=O) groups is 1. The fourth-order valence-electron chi connectivity index (χ4n) is 2.33. The Balaban J connectivity index is 2.19. The van der Waals surface area contributed by atoms with Gasteiger partial charge in [0.15, 0.2) is 22.1 Å². The second kappa shape index (κ2) is 6.29. The van der Waals surface area contributed by atoms with Crippen molar-refractivity contribution < 1.29 is 18.7 Å². The summed E-state index contributed by atoms with van der Waals surface area (Å²) >= 11 is 1.42. The zero-order valence-corrected chi connectivity index (χ0v) is 13.8. The fraction of sp³-hybridized carbons (Fsp3) is 0.250. The van der Waals surface area contributed by atoms with E-state index >= 15 is 0 Å². The first-order valence-electron chi connectivity index (χ1n) is 7.05. The summed E-state index contributed by atoms with van der Waals surface area (Å²) in [5.74, 6) is 1.11. The molecule has 7 heteroatoms. The molecule has 3 aromatic rings. The van der Waals surface area contributed by atoms with Crippen molar-refractivity contribution in [3.05, 3.63) is 41.1 Å². The number of rotatable bonds is 4. The quantitative estimate of drug-likeness (QED) is 0.736. The minimum atomic E-state index is -0.400. The van der Waals surface area contributed by atoms with E-state index in [9.17, 15) is 4.79 Å². The van der Waals surface area contributed by atoms with Crippen LogP contribution in [0.25, 0.3) is 10.2 Å². The summed E-state index contributed by atoms with van der Waals surface area (Å²) in [6.45, 7) is 2.68. The van der Waals surface area contributed by atoms with Crippen LogP contribution in [0.15, 0.2) is 39.9 Å². The van der Waals surface area contributed by atoms with E-state index in [1.807, 2.05) is 23.6 Å². The number of aromatic nitrogens is 1. The number of hydrogen-bond donors (Lipinski definition) is 0. The lowest BCUT2D eigenvalue weighted by Gasteiger charge is -2.08. The van der Waals surface area contributed by atoms with Gasteiger partial charge in [0.2, 0.25) is 0 Å². The molecule has 0 aliphatic carbocycles. The van der Waals surface area contributed by atoms with E-state index in [0.29, 0.717) is 22.8 Å². The van der Waals surface area contributed by atoms with Crippen LogP contribution in [0.2, 0.25) is 0 Å². The Labute approximate surface area is 136 Å². The van der Waals surface area contributed by atoms with E-state index in [1.165, 1.54) is 17.6 Å². The molecule has 1 amide bonds. The number of nitrogens with zero attached hydrogens (tertiary/aromatic N) is 2. The predicted octanol–water partition coefficient (Wildman–Crippen LogP) is 3.07. The highest BCUT2D eigenvalue weighted by Crippen LogP contribution is 2.33. The van der Waals surface area contributed by atoms with Crippen molar-refractivity contribution in [3.8, 4) is 11.5 Å². The van der Waals surface area contributed by atoms with Gasteiger partial charge >= 0.3 is 5.91 Å². The first-order chi connectivity index (χ1) is 11.2. The van der Waals surface area contributed by atoms with Gasteiger partial charge < -0.3 is 18.5 Å². The van der Waals surface area contributed by atoms with Gasteiger partial charge in [-0.2, -0.15) is 4.99 Å². The number of ether oxygens (including phenoxy) is 2. The van der Waals surface area contributed by atoms with Crippen LogP contribution in [0, 0.1) is 0 Å². The minimum absolute atomic E-state index is 0.222. The second-order valence-electron chi connectivity index (χ2n) is 4.70. The van der Waals surface area contributed by atoms with Crippen LogP contribution in [0.1, 0.15) is 17.5 Å². The van der Waals surface area contributed by atoms with Crippen LogP contribution in [-0.2, 0) is 6.54 Å². The minimum Gasteiger partial charge on any atom is -0.493 e. The highest BCUT2D eigenvalue weighted by atomic mass is 32.1. The number of aryl methyl sites for hydroxylation is 1. The zero-order valence-electron chi connectivity index (χ0n) is 13.0. The van der Waals surface area contributed by atoms with Gasteiger partial charge in [0.25, 0.3) is 0 Å². The number of carbonyl (C=O) groups excluding carboxylic acids is 1. The fourth-order valence-corrected chi connectivity index (χ4v) is 3.43. The lowest BCUT2D eigenvalue weighted by atomic mass is 10.3. The second-order valence-corrected chi connectivity index (χ2v) is 5.71. The van der Waals surface area contributed by atoms with Gasteiger partial charge in [-0.25, -0.2) is 0 Å². The number of methoxy groups -OCH3 is 2. The number of hydrogen-bond acceptors (Lipinski definition) is 5. The molecule has 0 N–H and O–H groups in total. The number of benzene rings is 1. The van der Waals surface area contributed by atoms with Crippen LogP contribution in [0.3, 0.4) is 0 Å². The normalized spacial score (nSPS) is 11.9. The molecule has 0 saturated carbocycles. The van der Waals surface area contributed by atoms with E-state index in [-0.39, 0.29) is 5.76 Å². The van der Waals surface area contributed by atoms with Crippen molar-refractivity contribution in [3.63, 3.8) is 0 Å². The molecule has 3 rings (SSSR count). The van der Waals surface area contributed by atoms with Crippen LogP contribution < -0.4 is 14.3 Å². The molecule has 23 heavy (non-hydrogen) atoms. The SMILES string of the molecule is CCn1c(=NC(=O)c2ccco2)sc2cc(OC)c(OC)cc21. The zero-order chi connectivity index (χ0) is 16.4. The summed E-state index contributed by atoms with van der Waals surface area (Å²) < 4.78 is 18.7. The van der Waals surface area contributed by atoms with Crippen molar-refractivity contribution in [2.75, 3.05) is 14.2 Å². The standard InChI is InChI=1S/C16H16N2O4S/c1-4-18-10-8-12(20-2)13(21-3)9-14(10)23-16(18)17-15(19)11-6-5-7-22-11/h5-9H,4H2,1-3H3. The average Bonchev–Trinajstić information content (AvgIpc) is 3.20. The Bertz CT molecular complexity index is 906. The van der Waals surface area contributed by atoms with Gasteiger partial charge in [0.1, 0.15) is 0 Å². The predicted molar refractivity (Wildman–Crippen MR) is 87.2 cm³/mol. The maximum Gasteiger partial charge on any atom is 0.315 e. The van der Waals surface area contributed by atoms with Gasteiger partial charge in [-0.1, -0.05) is 11.3 Å². The number of amides is 1. The van der Waals surface area contributed by atoms with Crippen molar-refractivity contribution in [1.29, 1.82) is 0 Å². The Morgan fingerprint density at radius 3 is 2.65 bits per heavy atom. The molecule has 2 heterocycles. The lowest BCUT2D eigenvalue weighted by molar-refractivity contribution is 0.0971. The van der Waals surface area contributed by atoms with Crippen LogP contribution in [0.5, 0.6) is 11.5 Å². The average molecular weight is 332 g/mol. The van der Waals surface area contributed by atoms with E-state index in [2.05, 4.69) is 4.99 Å². The van der Waals surface area contributed by atoms with Gasteiger partial charge in [-0.15, -0.1) is 0 Å². The number of fused-ring (bicyclic) bond motifs is 1. The summed E-state index contributed by atoms with van der Waals surface area (Å²) in [5, 5.41) is 0. The summed E-state index contributed by atoms with van der Waals surface area (Å²) in [6, 6.07) is 7.05. The van der Waals surface area contributed by atoms with Crippen molar-refractivity contribution >= 4 is 27.5 Å². The van der Waals surface area contributed by atoms with Crippen LogP contribution in [0.4, 0.5) is 0 Å². The van der Waals surface area contributed by atoms with E-state index in [1.54, 1.807) is 26.4 Å². The molecule has 0 fully saturated rings. The number of thiazole rings is 1. The molecule has 0 radical (unpaired) electrons. The maximum absolute atomic E-state index is 12.1. The molecular formula is C16H16N2O4S. The third kappa shape index (κ3) is 2.75. The molecule has 0 spiro atoms. The molecule has 0 aliphatic rings. The topological polar surface area (TPSA) is 66.0 Å². The Morgan fingerprint density at radius 2 is 2.04 bits per heavy atom. The van der Waals surface area contributed by atoms with Crippen LogP contribution in [-0.4, -0.2) is 24.7 Å². The van der Waals surface area contributed by atoms with Gasteiger partial charge in [0, 0.05) is 18.7 Å². The molecule has 0 saturated heterocycles. The highest BCUT2D eigenvalue weighted by molar-refractivity contribution is 7.16. The molecule has 0 unspecified atom stereocenters. The van der Waals surface area contributed by atoms with Crippen molar-refractivity contribution in [1.82, 2.24) is 4.57 Å². The van der Waals surface area contributed by atoms with Crippen molar-refractivity contribution in [2.45, 2.75) is 13.5 Å². The Kier molecular flexibility index (Phi) is 4.20. The summed E-state index contributed by atoms with van der Waals surface area (Å²) in [5.41, 5.74) is 0.946. The number of furan rings is 1. The van der Waals surface area contributed by atoms with Crippen molar-refractivity contribution in [2.24, 2.45) is 4.99 Å². The molecule has 1 aromatic carbocycles. The van der Waals surface area contributed by atoms with E-state index in [0.717, 1.165) is 10.2 Å². The monoisotopic (exact) mass is 332 g/mol. The van der Waals surface area contributed by atoms with Gasteiger partial charge in [-0.3, -0.25) is 4.79 Å². The van der Waals surface area contributed by atoms with E-state index < -0.39 is 5.91 Å². The molecule has 0 bridgehead atoms. The summed E-state index contributed by atoms with van der Waals surface area (Å²) in [7, 11) is 3.19. The molecular weight excluding hydrogens is 316 g/mol. The maximum atomic E-state index is 12.1. The third-order valence-electron chi connectivity index (χ3n) is 3.43. The molecule has 0 aliphatic heterocycles. The Morgan fingerprint density at radius 1 is 1.30 bits per heavy atom. The van der Waals surface area contributed by atoms with Gasteiger partial charge in [0.05, 0.1) is 30.7 Å². The van der Waals surface area contributed by atoms with Gasteiger partial charge in [-0.05, 0) is 19.1 Å². The molecule has 0 atom stereocenters. The summed E-state index contributed by atoms with van der Waals surface area (Å²) in [4.78, 5) is 16.9.